The van der Waals surface area contributed by atoms with Crippen LogP contribution >= 0.6 is 11.3 Å². The summed E-state index contributed by atoms with van der Waals surface area (Å²) < 4.78 is 13.7. The lowest BCUT2D eigenvalue weighted by atomic mass is 10.1. The number of amides is 1. The van der Waals surface area contributed by atoms with E-state index in [0.717, 1.165) is 11.3 Å². The number of ketones is 1. The Kier molecular flexibility index (Phi) is 5.18. The Morgan fingerprint density at radius 2 is 1.85 bits per heavy atom. The Balaban J connectivity index is 2.06. The highest BCUT2D eigenvalue weighted by molar-refractivity contribution is 7.18. The van der Waals surface area contributed by atoms with Gasteiger partial charge in [-0.15, -0.1) is 0 Å². The van der Waals surface area contributed by atoms with E-state index in [-0.39, 0.29) is 21.6 Å². The van der Waals surface area contributed by atoms with Gasteiger partial charge in [-0.2, -0.15) is 0 Å². The SMILES string of the molecule is C[C@@H](C(N)=O)N(c1cccc(F)c1)c1nc(N)c(C(=O)c2ccccc2)s1. The second kappa shape index (κ2) is 7.55. The molecule has 0 saturated carbocycles. The van der Waals surface area contributed by atoms with Crippen molar-refractivity contribution in [3.63, 3.8) is 0 Å². The molecule has 0 bridgehead atoms. The topological polar surface area (TPSA) is 102 Å². The van der Waals surface area contributed by atoms with Gasteiger partial charge in [-0.25, -0.2) is 9.37 Å². The van der Waals surface area contributed by atoms with Crippen molar-refractivity contribution in [3.8, 4) is 0 Å². The van der Waals surface area contributed by atoms with Gasteiger partial charge in [-0.3, -0.25) is 9.59 Å². The van der Waals surface area contributed by atoms with Crippen molar-refractivity contribution in [1.29, 1.82) is 0 Å². The smallest absolute Gasteiger partial charge is 0.240 e. The minimum Gasteiger partial charge on any atom is -0.382 e. The second-order valence-electron chi connectivity index (χ2n) is 5.83. The molecule has 0 aliphatic carbocycles. The summed E-state index contributed by atoms with van der Waals surface area (Å²) in [4.78, 5) is 30.5. The maximum absolute atomic E-state index is 13.7. The fraction of sp³-hybridized carbons (Fsp3) is 0.105. The summed E-state index contributed by atoms with van der Waals surface area (Å²) in [5.41, 5.74) is 12.3. The molecule has 1 heterocycles. The third kappa shape index (κ3) is 3.80. The number of thiazole rings is 1. The number of carbonyl (C=O) groups is 2. The minimum absolute atomic E-state index is 0.0435. The van der Waals surface area contributed by atoms with E-state index in [0.29, 0.717) is 11.3 Å². The largest absolute Gasteiger partial charge is 0.382 e. The molecule has 0 saturated heterocycles. The first-order valence-electron chi connectivity index (χ1n) is 8.08. The normalized spacial score (nSPS) is 11.8. The summed E-state index contributed by atoms with van der Waals surface area (Å²) in [7, 11) is 0. The third-order valence-electron chi connectivity index (χ3n) is 3.98. The molecular formula is C19H17FN4O2S. The van der Waals surface area contributed by atoms with Gasteiger partial charge in [0.1, 0.15) is 22.6 Å². The van der Waals surface area contributed by atoms with Crippen molar-refractivity contribution >= 4 is 39.7 Å². The number of rotatable bonds is 6. The minimum atomic E-state index is -0.822. The summed E-state index contributed by atoms with van der Waals surface area (Å²) in [5.74, 6) is -1.33. The Labute approximate surface area is 159 Å². The summed E-state index contributed by atoms with van der Waals surface area (Å²) in [5, 5.41) is 0.281. The maximum Gasteiger partial charge on any atom is 0.240 e. The molecule has 0 unspecified atom stereocenters. The quantitative estimate of drug-likeness (QED) is 0.636. The molecule has 6 nitrogen and oxygen atoms in total. The van der Waals surface area contributed by atoms with Crippen LogP contribution in [0, 0.1) is 5.82 Å². The lowest BCUT2D eigenvalue weighted by Gasteiger charge is -2.26. The highest BCUT2D eigenvalue weighted by Gasteiger charge is 2.27. The number of nitrogen functional groups attached to an aromatic ring is 1. The van der Waals surface area contributed by atoms with E-state index in [9.17, 15) is 14.0 Å². The molecule has 0 aliphatic rings. The molecule has 27 heavy (non-hydrogen) atoms. The van der Waals surface area contributed by atoms with E-state index < -0.39 is 17.8 Å². The van der Waals surface area contributed by atoms with Gasteiger partial charge in [-0.1, -0.05) is 47.7 Å². The number of anilines is 3. The predicted octanol–water partition coefficient (Wildman–Crippen LogP) is 3.11. The van der Waals surface area contributed by atoms with Crippen LogP contribution in [0.25, 0.3) is 0 Å². The van der Waals surface area contributed by atoms with Crippen LogP contribution in [0.4, 0.5) is 21.0 Å². The van der Waals surface area contributed by atoms with E-state index in [1.807, 2.05) is 0 Å². The fourth-order valence-corrected chi connectivity index (χ4v) is 3.61. The van der Waals surface area contributed by atoms with E-state index >= 15 is 0 Å². The van der Waals surface area contributed by atoms with Gasteiger partial charge in [0.2, 0.25) is 11.7 Å². The van der Waals surface area contributed by atoms with Crippen molar-refractivity contribution in [1.82, 2.24) is 4.98 Å². The third-order valence-corrected chi connectivity index (χ3v) is 5.05. The van der Waals surface area contributed by atoms with E-state index in [4.69, 9.17) is 11.5 Å². The molecule has 0 radical (unpaired) electrons. The maximum atomic E-state index is 13.7. The van der Waals surface area contributed by atoms with Gasteiger partial charge in [0, 0.05) is 11.3 Å². The number of aromatic nitrogens is 1. The van der Waals surface area contributed by atoms with Gasteiger partial charge in [0.25, 0.3) is 0 Å². The van der Waals surface area contributed by atoms with E-state index in [2.05, 4.69) is 4.98 Å². The number of nitrogens with zero attached hydrogens (tertiary/aromatic N) is 2. The predicted molar refractivity (Wildman–Crippen MR) is 104 cm³/mol. The average molecular weight is 384 g/mol. The van der Waals surface area contributed by atoms with Crippen molar-refractivity contribution in [3.05, 3.63) is 70.9 Å². The monoisotopic (exact) mass is 384 g/mol. The number of hydrogen-bond donors (Lipinski definition) is 2. The molecule has 1 aromatic heterocycles. The standard InChI is InChI=1S/C19H17FN4O2S/c1-11(18(22)26)24(14-9-5-8-13(20)10-14)19-23-17(21)16(27-19)15(25)12-6-3-2-4-7-12/h2-11H,21H2,1H3,(H2,22,26)/t11-/m0/s1. The van der Waals surface area contributed by atoms with Crippen LogP contribution in [0.15, 0.2) is 54.6 Å². The zero-order chi connectivity index (χ0) is 19.6. The number of hydrogen-bond acceptors (Lipinski definition) is 6. The van der Waals surface area contributed by atoms with Crippen LogP contribution in [0.3, 0.4) is 0 Å². The van der Waals surface area contributed by atoms with Gasteiger partial charge in [0.05, 0.1) is 0 Å². The molecule has 3 rings (SSSR count). The molecule has 2 aromatic carbocycles. The van der Waals surface area contributed by atoms with Crippen LogP contribution in [-0.2, 0) is 4.79 Å². The zero-order valence-corrected chi connectivity index (χ0v) is 15.2. The molecular weight excluding hydrogens is 367 g/mol. The van der Waals surface area contributed by atoms with Gasteiger partial charge >= 0.3 is 0 Å². The highest BCUT2D eigenvalue weighted by atomic mass is 32.1. The average Bonchev–Trinajstić information content (AvgIpc) is 3.03. The molecule has 3 aromatic rings. The number of primary amides is 1. The molecule has 0 spiro atoms. The van der Waals surface area contributed by atoms with Crippen LogP contribution in [0.2, 0.25) is 0 Å². The molecule has 1 atom stereocenters. The van der Waals surface area contributed by atoms with Crippen LogP contribution in [0.1, 0.15) is 22.2 Å². The molecule has 138 valence electrons. The molecule has 1 amide bonds. The van der Waals surface area contributed by atoms with Crippen molar-refractivity contribution in [2.24, 2.45) is 5.73 Å². The number of benzene rings is 2. The summed E-state index contributed by atoms with van der Waals surface area (Å²) in [6.07, 6.45) is 0. The lowest BCUT2D eigenvalue weighted by molar-refractivity contribution is -0.118. The summed E-state index contributed by atoms with van der Waals surface area (Å²) >= 11 is 1.03. The fourth-order valence-electron chi connectivity index (χ4n) is 2.56. The van der Waals surface area contributed by atoms with Crippen LogP contribution in [0.5, 0.6) is 0 Å². The van der Waals surface area contributed by atoms with Crippen LogP contribution in [-0.4, -0.2) is 22.7 Å². The Bertz CT molecular complexity index is 990. The van der Waals surface area contributed by atoms with Gasteiger partial charge < -0.3 is 16.4 Å². The molecule has 0 aliphatic heterocycles. The Morgan fingerprint density at radius 1 is 1.15 bits per heavy atom. The first-order chi connectivity index (χ1) is 12.9. The van der Waals surface area contributed by atoms with E-state index in [1.54, 1.807) is 43.3 Å². The first kappa shape index (κ1) is 18.5. The van der Waals surface area contributed by atoms with Crippen LogP contribution < -0.4 is 16.4 Å². The summed E-state index contributed by atoms with van der Waals surface area (Å²) in [6.45, 7) is 1.57. The Morgan fingerprint density at radius 3 is 2.48 bits per heavy atom. The van der Waals surface area contributed by atoms with Gasteiger partial charge in [0.15, 0.2) is 5.13 Å². The second-order valence-corrected chi connectivity index (χ2v) is 6.81. The first-order valence-corrected chi connectivity index (χ1v) is 8.90. The van der Waals surface area contributed by atoms with Crippen molar-refractivity contribution < 1.29 is 14.0 Å². The molecule has 0 fully saturated rings. The molecule has 4 N–H and O–H groups in total. The van der Waals surface area contributed by atoms with Crippen molar-refractivity contribution in [2.45, 2.75) is 13.0 Å². The number of carbonyl (C=O) groups excluding carboxylic acids is 2. The highest BCUT2D eigenvalue weighted by Crippen LogP contribution is 2.36. The summed E-state index contributed by atoms with van der Waals surface area (Å²) in [6, 6.07) is 13.5. The Hall–Kier alpha value is -3.26. The van der Waals surface area contributed by atoms with Crippen molar-refractivity contribution in [2.75, 3.05) is 10.6 Å². The van der Waals surface area contributed by atoms with E-state index in [1.165, 1.54) is 23.1 Å². The number of halogens is 1. The molecule has 8 heteroatoms. The zero-order valence-electron chi connectivity index (χ0n) is 14.4. The lowest BCUT2D eigenvalue weighted by Crippen LogP contribution is -2.40. The van der Waals surface area contributed by atoms with Gasteiger partial charge in [-0.05, 0) is 25.1 Å². The number of nitrogens with two attached hydrogens (primary N) is 2.